The molecule has 0 radical (unpaired) electrons. The molecule has 2 rings (SSSR count). The van der Waals surface area contributed by atoms with Gasteiger partial charge in [-0.05, 0) is 12.5 Å². The molecule has 1 aliphatic rings. The Morgan fingerprint density at radius 1 is 1.24 bits per heavy atom. The SMILES string of the molecule is FCC[C@H](c1ccccc1F)N1CCNCC1. The van der Waals surface area contributed by atoms with E-state index in [1.54, 1.807) is 12.1 Å². The van der Waals surface area contributed by atoms with E-state index in [1.165, 1.54) is 6.07 Å². The van der Waals surface area contributed by atoms with E-state index < -0.39 is 6.67 Å². The van der Waals surface area contributed by atoms with E-state index in [9.17, 15) is 8.78 Å². The van der Waals surface area contributed by atoms with Crippen molar-refractivity contribution in [3.8, 4) is 0 Å². The molecule has 4 heteroatoms. The molecule has 1 aromatic rings. The smallest absolute Gasteiger partial charge is 0.127 e. The van der Waals surface area contributed by atoms with Gasteiger partial charge in [-0.2, -0.15) is 0 Å². The molecule has 1 aromatic carbocycles. The predicted octanol–water partition coefficient (Wildman–Crippen LogP) is 2.13. The molecule has 0 aliphatic carbocycles. The first kappa shape index (κ1) is 12.5. The van der Waals surface area contributed by atoms with Crippen LogP contribution in [0.3, 0.4) is 0 Å². The average Bonchev–Trinajstić information content (AvgIpc) is 2.38. The third kappa shape index (κ3) is 3.01. The van der Waals surface area contributed by atoms with Gasteiger partial charge in [0.2, 0.25) is 0 Å². The van der Waals surface area contributed by atoms with Crippen LogP contribution in [-0.4, -0.2) is 37.8 Å². The van der Waals surface area contributed by atoms with Crippen molar-refractivity contribution < 1.29 is 8.78 Å². The summed E-state index contributed by atoms with van der Waals surface area (Å²) in [4.78, 5) is 2.16. The number of nitrogens with one attached hydrogen (secondary N) is 1. The van der Waals surface area contributed by atoms with Crippen molar-refractivity contribution in [2.24, 2.45) is 0 Å². The highest BCUT2D eigenvalue weighted by Crippen LogP contribution is 2.26. The van der Waals surface area contributed by atoms with Gasteiger partial charge in [0.15, 0.2) is 0 Å². The summed E-state index contributed by atoms with van der Waals surface area (Å²) in [7, 11) is 0. The van der Waals surface area contributed by atoms with Crippen LogP contribution in [0.2, 0.25) is 0 Å². The molecular formula is C13H18F2N2. The molecule has 0 aromatic heterocycles. The number of rotatable bonds is 4. The summed E-state index contributed by atoms with van der Waals surface area (Å²) in [6.45, 7) is 3.05. The fraction of sp³-hybridized carbons (Fsp3) is 0.538. The van der Waals surface area contributed by atoms with Crippen LogP contribution in [0.5, 0.6) is 0 Å². The Bertz CT molecular complexity index is 351. The molecule has 1 atom stereocenters. The van der Waals surface area contributed by atoms with Crippen molar-refractivity contribution in [1.82, 2.24) is 10.2 Å². The number of nitrogens with zero attached hydrogens (tertiary/aromatic N) is 1. The fourth-order valence-electron chi connectivity index (χ4n) is 2.38. The number of benzene rings is 1. The van der Waals surface area contributed by atoms with Crippen LogP contribution in [0.4, 0.5) is 8.78 Å². The van der Waals surface area contributed by atoms with Crippen LogP contribution in [0.25, 0.3) is 0 Å². The summed E-state index contributed by atoms with van der Waals surface area (Å²) in [5.41, 5.74) is 0.618. The Morgan fingerprint density at radius 3 is 2.59 bits per heavy atom. The third-order valence-electron chi connectivity index (χ3n) is 3.24. The fourth-order valence-corrected chi connectivity index (χ4v) is 2.38. The zero-order valence-electron chi connectivity index (χ0n) is 9.83. The second kappa shape index (κ2) is 6.07. The number of halogens is 2. The summed E-state index contributed by atoms with van der Waals surface area (Å²) < 4.78 is 26.4. The molecule has 2 nitrogen and oxygen atoms in total. The first-order valence-corrected chi connectivity index (χ1v) is 6.08. The summed E-state index contributed by atoms with van der Waals surface area (Å²) in [5, 5.41) is 3.25. The maximum atomic E-state index is 13.8. The molecule has 1 aliphatic heterocycles. The summed E-state index contributed by atoms with van der Waals surface area (Å²) >= 11 is 0. The first-order chi connectivity index (χ1) is 8.33. The van der Waals surface area contributed by atoms with Crippen molar-refractivity contribution >= 4 is 0 Å². The van der Waals surface area contributed by atoms with Crippen molar-refractivity contribution in [3.05, 3.63) is 35.6 Å². The van der Waals surface area contributed by atoms with Gasteiger partial charge in [0.25, 0.3) is 0 Å². The van der Waals surface area contributed by atoms with E-state index in [4.69, 9.17) is 0 Å². The summed E-state index contributed by atoms with van der Waals surface area (Å²) in [6.07, 6.45) is 0.362. The van der Waals surface area contributed by atoms with Crippen molar-refractivity contribution in [2.75, 3.05) is 32.9 Å². The molecule has 1 fully saturated rings. The highest BCUT2D eigenvalue weighted by molar-refractivity contribution is 5.21. The lowest BCUT2D eigenvalue weighted by Gasteiger charge is -2.35. The van der Waals surface area contributed by atoms with Crippen LogP contribution >= 0.6 is 0 Å². The summed E-state index contributed by atoms with van der Waals surface area (Å²) in [5.74, 6) is -0.232. The quantitative estimate of drug-likeness (QED) is 0.867. The number of alkyl halides is 1. The van der Waals surface area contributed by atoms with E-state index in [0.29, 0.717) is 12.0 Å². The van der Waals surface area contributed by atoms with E-state index in [-0.39, 0.29) is 11.9 Å². The minimum absolute atomic E-state index is 0.136. The number of hydrogen-bond acceptors (Lipinski definition) is 2. The minimum Gasteiger partial charge on any atom is -0.314 e. The molecule has 0 amide bonds. The second-order valence-electron chi connectivity index (χ2n) is 4.30. The molecule has 0 unspecified atom stereocenters. The molecule has 1 N–H and O–H groups in total. The van der Waals surface area contributed by atoms with Crippen LogP contribution in [0.15, 0.2) is 24.3 Å². The normalized spacial score (nSPS) is 19.2. The largest absolute Gasteiger partial charge is 0.314 e. The standard InChI is InChI=1S/C13H18F2N2/c14-6-5-13(17-9-7-16-8-10-17)11-3-1-2-4-12(11)15/h1-4,13,16H,5-10H2/t13-/m1/s1. The number of piperazine rings is 1. The second-order valence-corrected chi connectivity index (χ2v) is 4.30. The highest BCUT2D eigenvalue weighted by Gasteiger charge is 2.23. The lowest BCUT2D eigenvalue weighted by atomic mass is 10.0. The van der Waals surface area contributed by atoms with Crippen molar-refractivity contribution in [3.63, 3.8) is 0 Å². The van der Waals surface area contributed by atoms with Gasteiger partial charge in [0, 0.05) is 37.8 Å². The summed E-state index contributed by atoms with van der Waals surface area (Å²) in [6, 6.07) is 6.55. The van der Waals surface area contributed by atoms with Gasteiger partial charge < -0.3 is 5.32 Å². The Labute approximate surface area is 101 Å². The maximum absolute atomic E-state index is 13.8. The van der Waals surface area contributed by atoms with Crippen LogP contribution in [-0.2, 0) is 0 Å². The number of hydrogen-bond donors (Lipinski definition) is 1. The zero-order chi connectivity index (χ0) is 12.1. The van der Waals surface area contributed by atoms with Gasteiger partial charge in [0.1, 0.15) is 5.82 Å². The highest BCUT2D eigenvalue weighted by atomic mass is 19.1. The Kier molecular flexibility index (Phi) is 4.45. The zero-order valence-corrected chi connectivity index (χ0v) is 9.83. The van der Waals surface area contributed by atoms with Gasteiger partial charge in [0.05, 0.1) is 6.67 Å². The van der Waals surface area contributed by atoms with Gasteiger partial charge in [-0.1, -0.05) is 18.2 Å². The maximum Gasteiger partial charge on any atom is 0.127 e. The Morgan fingerprint density at radius 2 is 1.94 bits per heavy atom. The van der Waals surface area contributed by atoms with Gasteiger partial charge in [-0.3, -0.25) is 9.29 Å². The molecule has 0 saturated carbocycles. The van der Waals surface area contributed by atoms with Gasteiger partial charge in [-0.25, -0.2) is 4.39 Å². The van der Waals surface area contributed by atoms with E-state index >= 15 is 0 Å². The monoisotopic (exact) mass is 240 g/mol. The lowest BCUT2D eigenvalue weighted by molar-refractivity contribution is 0.154. The molecular weight excluding hydrogens is 222 g/mol. The molecule has 94 valence electrons. The van der Waals surface area contributed by atoms with Crippen LogP contribution in [0.1, 0.15) is 18.0 Å². The van der Waals surface area contributed by atoms with Crippen molar-refractivity contribution in [2.45, 2.75) is 12.5 Å². The topological polar surface area (TPSA) is 15.3 Å². The minimum atomic E-state index is -0.414. The van der Waals surface area contributed by atoms with E-state index in [0.717, 1.165) is 26.2 Å². The van der Waals surface area contributed by atoms with Gasteiger partial charge in [-0.15, -0.1) is 0 Å². The van der Waals surface area contributed by atoms with E-state index in [2.05, 4.69) is 10.2 Å². The lowest BCUT2D eigenvalue weighted by Crippen LogP contribution is -2.45. The van der Waals surface area contributed by atoms with Gasteiger partial charge >= 0.3 is 0 Å². The Hall–Kier alpha value is -1.00. The molecule has 0 spiro atoms. The molecule has 0 bridgehead atoms. The van der Waals surface area contributed by atoms with Crippen LogP contribution in [0, 0.1) is 5.82 Å². The van der Waals surface area contributed by atoms with Crippen LogP contribution < -0.4 is 5.32 Å². The third-order valence-corrected chi connectivity index (χ3v) is 3.24. The van der Waals surface area contributed by atoms with E-state index in [1.807, 2.05) is 6.07 Å². The molecule has 1 heterocycles. The first-order valence-electron chi connectivity index (χ1n) is 6.08. The molecule has 1 saturated heterocycles. The molecule has 17 heavy (non-hydrogen) atoms. The Balaban J connectivity index is 2.18. The predicted molar refractivity (Wildman–Crippen MR) is 64.2 cm³/mol. The van der Waals surface area contributed by atoms with Crippen molar-refractivity contribution in [1.29, 1.82) is 0 Å². The average molecular weight is 240 g/mol.